The van der Waals surface area contributed by atoms with E-state index in [-0.39, 0.29) is 12.1 Å². The van der Waals surface area contributed by atoms with E-state index in [2.05, 4.69) is 26.5 Å². The topological polar surface area (TPSA) is 26.3 Å². The molecule has 1 atom stereocenters. The van der Waals surface area contributed by atoms with Crippen LogP contribution in [0.4, 0.5) is 0 Å². The molecule has 2 nitrogen and oxygen atoms in total. The fraction of sp³-hybridized carbons (Fsp3) is 0.958. The number of esters is 1. The van der Waals surface area contributed by atoms with E-state index in [0.717, 1.165) is 32.1 Å². The summed E-state index contributed by atoms with van der Waals surface area (Å²) in [6.07, 6.45) is 24.0. The molecule has 0 saturated heterocycles. The lowest BCUT2D eigenvalue weighted by molar-refractivity contribution is -0.148. The van der Waals surface area contributed by atoms with E-state index < -0.39 is 0 Å². The van der Waals surface area contributed by atoms with Crippen LogP contribution in [-0.2, 0) is 9.53 Å². The van der Waals surface area contributed by atoms with Crippen molar-refractivity contribution >= 4 is 18.6 Å². The van der Waals surface area contributed by atoms with Crippen molar-refractivity contribution in [1.29, 1.82) is 0 Å². The lowest BCUT2D eigenvalue weighted by Gasteiger charge is -2.15. The molecule has 0 amide bonds. The Hall–Kier alpha value is -0.180. The molecule has 162 valence electrons. The summed E-state index contributed by atoms with van der Waals surface area (Å²) < 4.78 is 5.51. The molecule has 3 heteroatoms. The van der Waals surface area contributed by atoms with Gasteiger partial charge in [-0.25, -0.2) is 0 Å². The minimum Gasteiger partial charge on any atom is -0.461 e. The highest BCUT2D eigenvalue weighted by Gasteiger charge is 2.11. The molecule has 0 aliphatic carbocycles. The molecular weight excluding hydrogens is 352 g/mol. The van der Waals surface area contributed by atoms with Crippen LogP contribution >= 0.6 is 12.6 Å². The minimum absolute atomic E-state index is 0.0112. The Morgan fingerprint density at radius 2 is 1.07 bits per heavy atom. The van der Waals surface area contributed by atoms with Crippen molar-refractivity contribution in [3.63, 3.8) is 0 Å². The number of unbranched alkanes of at least 4 members (excludes halogenated alkanes) is 15. The first kappa shape index (κ1) is 26.8. The number of hydrogen-bond donors (Lipinski definition) is 1. The summed E-state index contributed by atoms with van der Waals surface area (Å²) in [7, 11) is 0. The molecule has 0 radical (unpaired) electrons. The van der Waals surface area contributed by atoms with E-state index in [1.54, 1.807) is 0 Å². The summed E-state index contributed by atoms with van der Waals surface area (Å²) in [5, 5.41) is 0. The normalized spacial score (nSPS) is 12.3. The van der Waals surface area contributed by atoms with E-state index >= 15 is 0 Å². The van der Waals surface area contributed by atoms with Crippen LogP contribution in [0.5, 0.6) is 0 Å². The second kappa shape index (κ2) is 22.1. The molecule has 0 bridgehead atoms. The molecule has 0 aromatic carbocycles. The van der Waals surface area contributed by atoms with Crippen molar-refractivity contribution in [2.45, 2.75) is 142 Å². The molecule has 0 aromatic heterocycles. The molecule has 27 heavy (non-hydrogen) atoms. The Morgan fingerprint density at radius 3 is 1.48 bits per heavy atom. The predicted octanol–water partition coefficient (Wildman–Crippen LogP) is 8.28. The number of ether oxygens (including phenoxy) is 1. The number of rotatable bonds is 21. The maximum absolute atomic E-state index is 11.9. The molecule has 0 N–H and O–H groups in total. The van der Waals surface area contributed by atoms with E-state index in [4.69, 9.17) is 4.74 Å². The van der Waals surface area contributed by atoms with Gasteiger partial charge in [-0.1, -0.05) is 117 Å². The van der Waals surface area contributed by atoms with Crippen LogP contribution in [0.3, 0.4) is 0 Å². The Bertz CT molecular complexity index is 307. The van der Waals surface area contributed by atoms with Crippen molar-refractivity contribution in [3.05, 3.63) is 0 Å². The van der Waals surface area contributed by atoms with Crippen LogP contribution in [0.2, 0.25) is 0 Å². The summed E-state index contributed by atoms with van der Waals surface area (Å²) in [5.41, 5.74) is 0. The van der Waals surface area contributed by atoms with Gasteiger partial charge in [-0.15, -0.1) is 0 Å². The highest BCUT2D eigenvalue weighted by atomic mass is 32.1. The van der Waals surface area contributed by atoms with Gasteiger partial charge in [0.05, 0.1) is 0 Å². The van der Waals surface area contributed by atoms with Crippen LogP contribution in [0.1, 0.15) is 136 Å². The number of carbonyl (C=O) groups excluding carboxylic acids is 1. The predicted molar refractivity (Wildman–Crippen MR) is 123 cm³/mol. The van der Waals surface area contributed by atoms with E-state index in [9.17, 15) is 4.79 Å². The average molecular weight is 401 g/mol. The molecule has 0 aromatic rings. The summed E-state index contributed by atoms with van der Waals surface area (Å²) in [4.78, 5) is 11.9. The minimum atomic E-state index is -0.0279. The lowest BCUT2D eigenvalue weighted by Crippen LogP contribution is -2.19. The molecule has 0 fully saturated rings. The third-order valence-electron chi connectivity index (χ3n) is 5.37. The van der Waals surface area contributed by atoms with Gasteiger partial charge in [0, 0.05) is 12.2 Å². The van der Waals surface area contributed by atoms with Crippen LogP contribution < -0.4 is 0 Å². The second-order valence-corrected chi connectivity index (χ2v) is 8.50. The average Bonchev–Trinajstić information content (AvgIpc) is 2.68. The fourth-order valence-corrected chi connectivity index (χ4v) is 3.76. The van der Waals surface area contributed by atoms with Gasteiger partial charge >= 0.3 is 5.97 Å². The molecule has 0 heterocycles. The van der Waals surface area contributed by atoms with Crippen molar-refractivity contribution < 1.29 is 9.53 Å². The molecule has 0 rings (SSSR count). The van der Waals surface area contributed by atoms with Gasteiger partial charge < -0.3 is 4.74 Å². The highest BCUT2D eigenvalue weighted by Crippen LogP contribution is 2.14. The molecule has 0 spiro atoms. The van der Waals surface area contributed by atoms with Crippen LogP contribution in [0, 0.1) is 0 Å². The van der Waals surface area contributed by atoms with Crippen LogP contribution in [-0.4, -0.2) is 17.8 Å². The molecule has 0 aliphatic heterocycles. The van der Waals surface area contributed by atoms with Gasteiger partial charge in [0.1, 0.15) is 6.10 Å². The van der Waals surface area contributed by atoms with Crippen molar-refractivity contribution in [2.24, 2.45) is 0 Å². The molecular formula is C24H48O2S. The van der Waals surface area contributed by atoms with E-state index in [1.807, 2.05) is 0 Å². The maximum Gasteiger partial charge on any atom is 0.306 e. The van der Waals surface area contributed by atoms with Crippen molar-refractivity contribution in [3.8, 4) is 0 Å². The van der Waals surface area contributed by atoms with Crippen molar-refractivity contribution in [1.82, 2.24) is 0 Å². The Kier molecular flexibility index (Phi) is 22.0. The zero-order valence-corrected chi connectivity index (χ0v) is 19.4. The maximum atomic E-state index is 11.9. The van der Waals surface area contributed by atoms with Crippen LogP contribution in [0.15, 0.2) is 0 Å². The fourth-order valence-electron chi connectivity index (χ4n) is 3.50. The number of hydrogen-bond acceptors (Lipinski definition) is 3. The summed E-state index contributed by atoms with van der Waals surface area (Å²) in [6.45, 7) is 4.44. The third kappa shape index (κ3) is 20.4. The zero-order valence-electron chi connectivity index (χ0n) is 18.5. The standard InChI is InChI=1S/C24H48O2S/c1-3-5-7-8-9-10-11-12-13-14-15-16-17-18-19-21-24(25)26-23(22-27)20-6-4-2/h23,27H,3-22H2,1-2H3. The van der Waals surface area contributed by atoms with Gasteiger partial charge in [0.2, 0.25) is 0 Å². The Labute approximate surface area is 176 Å². The Morgan fingerprint density at radius 1 is 0.667 bits per heavy atom. The second-order valence-electron chi connectivity index (χ2n) is 8.14. The van der Waals surface area contributed by atoms with Gasteiger partial charge in [0.25, 0.3) is 0 Å². The van der Waals surface area contributed by atoms with E-state index in [1.165, 1.54) is 83.5 Å². The summed E-state index contributed by atoms with van der Waals surface area (Å²) >= 11 is 4.29. The first-order chi connectivity index (χ1) is 13.2. The van der Waals surface area contributed by atoms with Gasteiger partial charge in [0.15, 0.2) is 0 Å². The summed E-state index contributed by atoms with van der Waals surface area (Å²) in [6, 6.07) is 0. The van der Waals surface area contributed by atoms with E-state index in [0.29, 0.717) is 12.2 Å². The van der Waals surface area contributed by atoms with Gasteiger partial charge in [-0.2, -0.15) is 12.6 Å². The lowest BCUT2D eigenvalue weighted by atomic mass is 10.0. The smallest absolute Gasteiger partial charge is 0.306 e. The molecule has 0 aliphatic rings. The van der Waals surface area contributed by atoms with Crippen LogP contribution in [0.25, 0.3) is 0 Å². The first-order valence-electron chi connectivity index (χ1n) is 12.0. The van der Waals surface area contributed by atoms with Crippen molar-refractivity contribution in [2.75, 3.05) is 5.75 Å². The zero-order chi connectivity index (χ0) is 20.0. The Balaban J connectivity index is 3.27. The molecule has 0 saturated carbocycles. The van der Waals surface area contributed by atoms with Gasteiger partial charge in [-0.3, -0.25) is 4.79 Å². The monoisotopic (exact) mass is 400 g/mol. The quantitative estimate of drug-likeness (QED) is 0.119. The SMILES string of the molecule is CCCCCCCCCCCCCCCCCC(=O)OC(CS)CCCC. The third-order valence-corrected chi connectivity index (χ3v) is 5.77. The molecule has 1 unspecified atom stereocenters. The highest BCUT2D eigenvalue weighted by molar-refractivity contribution is 7.80. The number of carbonyl (C=O) groups is 1. The first-order valence-corrected chi connectivity index (χ1v) is 12.7. The number of thiol groups is 1. The van der Waals surface area contributed by atoms with Gasteiger partial charge in [-0.05, 0) is 12.8 Å². The largest absolute Gasteiger partial charge is 0.461 e. The summed E-state index contributed by atoms with van der Waals surface area (Å²) in [5.74, 6) is 0.616.